The molecule has 0 aliphatic heterocycles. The molecule has 0 bridgehead atoms. The van der Waals surface area contributed by atoms with Crippen LogP contribution < -0.4 is 10.1 Å². The van der Waals surface area contributed by atoms with Crippen molar-refractivity contribution in [2.45, 2.75) is 89.0 Å². The molecule has 2 aromatic carbocycles. The summed E-state index contributed by atoms with van der Waals surface area (Å²) in [6.45, 7) is 28.5. The number of anilines is 1. The second-order valence-corrected chi connectivity index (χ2v) is 9.70. The maximum Gasteiger partial charge on any atom is 0.127 e. The van der Waals surface area contributed by atoms with Gasteiger partial charge in [0.2, 0.25) is 0 Å². The van der Waals surface area contributed by atoms with E-state index in [0.717, 1.165) is 35.9 Å². The Balaban J connectivity index is 0. The summed E-state index contributed by atoms with van der Waals surface area (Å²) in [6, 6.07) is 15.9. The Labute approximate surface area is 242 Å². The highest BCUT2D eigenvalue weighted by Gasteiger charge is 2.28. The maximum absolute atomic E-state index is 5.71. The lowest BCUT2D eigenvalue weighted by atomic mass is 9.75. The summed E-state index contributed by atoms with van der Waals surface area (Å²) < 4.78 is 11.1. The van der Waals surface area contributed by atoms with Crippen molar-refractivity contribution < 1.29 is 9.47 Å². The molecule has 4 heteroatoms. The van der Waals surface area contributed by atoms with Crippen LogP contribution in [0.25, 0.3) is 0 Å². The van der Waals surface area contributed by atoms with E-state index in [0.29, 0.717) is 17.9 Å². The third-order valence-electron chi connectivity index (χ3n) is 5.66. The molecule has 0 amide bonds. The first-order valence-corrected chi connectivity index (χ1v) is 14.9. The van der Waals surface area contributed by atoms with Crippen LogP contribution in [0, 0.1) is 18.3 Å². The number of nitrogens with zero attached hydrogens (tertiary/aromatic N) is 1. The van der Waals surface area contributed by atoms with Crippen molar-refractivity contribution in [3.05, 3.63) is 78.2 Å². The Morgan fingerprint density at radius 1 is 0.949 bits per heavy atom. The van der Waals surface area contributed by atoms with Gasteiger partial charge in [-0.15, -0.1) is 0 Å². The Morgan fingerprint density at radius 2 is 1.44 bits per heavy atom. The first-order valence-electron chi connectivity index (χ1n) is 14.9. The highest BCUT2D eigenvalue weighted by molar-refractivity contribution is 5.46. The molecule has 1 N–H and O–H groups in total. The fourth-order valence-corrected chi connectivity index (χ4v) is 4.19. The van der Waals surface area contributed by atoms with Crippen LogP contribution >= 0.6 is 0 Å². The summed E-state index contributed by atoms with van der Waals surface area (Å²) in [5, 5.41) is 3.07. The summed E-state index contributed by atoms with van der Waals surface area (Å²) in [6.07, 6.45) is 4.81. The second kappa shape index (κ2) is 22.0. The average molecular weight is 541 g/mol. The van der Waals surface area contributed by atoms with Gasteiger partial charge >= 0.3 is 0 Å². The topological polar surface area (TPSA) is 33.7 Å². The molecule has 0 fully saturated rings. The Hall–Kier alpha value is -2.88. The highest BCUT2D eigenvalue weighted by Crippen LogP contribution is 2.38. The normalized spacial score (nSPS) is 14.5. The third-order valence-corrected chi connectivity index (χ3v) is 5.66. The Morgan fingerprint density at radius 3 is 1.87 bits per heavy atom. The average Bonchev–Trinajstić information content (AvgIpc) is 2.93. The van der Waals surface area contributed by atoms with Crippen LogP contribution in [-0.2, 0) is 4.74 Å². The van der Waals surface area contributed by atoms with Gasteiger partial charge in [-0.1, -0.05) is 92.7 Å². The summed E-state index contributed by atoms with van der Waals surface area (Å²) in [5.74, 6) is 3.23. The quantitative estimate of drug-likeness (QED) is 0.338. The van der Waals surface area contributed by atoms with Crippen molar-refractivity contribution in [1.29, 1.82) is 0 Å². The molecule has 0 saturated carbocycles. The van der Waals surface area contributed by atoms with E-state index in [4.69, 9.17) is 9.47 Å². The largest absolute Gasteiger partial charge is 0.497 e. The van der Waals surface area contributed by atoms with Crippen LogP contribution in [-0.4, -0.2) is 32.1 Å². The van der Waals surface area contributed by atoms with E-state index in [-0.39, 0.29) is 0 Å². The van der Waals surface area contributed by atoms with Crippen molar-refractivity contribution in [2.75, 3.05) is 32.6 Å². The minimum absolute atomic E-state index is 0.407. The first-order chi connectivity index (χ1) is 18.6. The van der Waals surface area contributed by atoms with Gasteiger partial charge in [0, 0.05) is 25.5 Å². The Bertz CT molecular complexity index is 899. The molecular formula is C35H60N2O2. The van der Waals surface area contributed by atoms with Crippen molar-refractivity contribution >= 4 is 5.69 Å². The van der Waals surface area contributed by atoms with Crippen molar-refractivity contribution in [3.63, 3.8) is 0 Å². The first kappa shape index (κ1) is 38.3. The number of benzene rings is 2. The second-order valence-electron chi connectivity index (χ2n) is 9.70. The van der Waals surface area contributed by atoms with Crippen LogP contribution in [0.4, 0.5) is 5.69 Å². The van der Waals surface area contributed by atoms with Gasteiger partial charge in [0.05, 0.1) is 13.2 Å². The van der Waals surface area contributed by atoms with E-state index in [1.807, 2.05) is 104 Å². The summed E-state index contributed by atoms with van der Waals surface area (Å²) >= 11 is 0. The fourth-order valence-electron chi connectivity index (χ4n) is 4.19. The van der Waals surface area contributed by atoms with E-state index >= 15 is 0 Å². The molecular weight excluding hydrogens is 480 g/mol. The van der Waals surface area contributed by atoms with E-state index in [1.54, 1.807) is 0 Å². The van der Waals surface area contributed by atoms with Gasteiger partial charge in [-0.25, -0.2) is 0 Å². The molecule has 222 valence electrons. The monoisotopic (exact) mass is 540 g/mol. The van der Waals surface area contributed by atoms with Gasteiger partial charge in [0.25, 0.3) is 0 Å². The minimum atomic E-state index is 0.407. The van der Waals surface area contributed by atoms with Crippen LogP contribution in [0.15, 0.2) is 72.6 Å². The molecule has 3 rings (SSSR count). The number of hydrogen-bond donors (Lipinski definition) is 1. The van der Waals surface area contributed by atoms with Crippen LogP contribution in [0.2, 0.25) is 0 Å². The number of allylic oxidation sites excluding steroid dienone is 2. The van der Waals surface area contributed by atoms with Crippen molar-refractivity contribution in [3.8, 4) is 11.5 Å². The predicted octanol–water partition coefficient (Wildman–Crippen LogP) is 10.7. The van der Waals surface area contributed by atoms with Gasteiger partial charge in [0.15, 0.2) is 0 Å². The third kappa shape index (κ3) is 16.6. The van der Waals surface area contributed by atoms with Gasteiger partial charge in [0.1, 0.15) is 17.3 Å². The summed E-state index contributed by atoms with van der Waals surface area (Å²) in [5.41, 5.74) is 4.15. The van der Waals surface area contributed by atoms with Crippen LogP contribution in [0.1, 0.15) is 87.6 Å². The molecule has 2 aromatic rings. The molecule has 39 heavy (non-hydrogen) atoms. The fraction of sp³-hybridized carbons (Fsp3) is 0.543. The van der Waals surface area contributed by atoms with E-state index in [2.05, 4.69) is 57.6 Å². The molecule has 1 aliphatic carbocycles. The smallest absolute Gasteiger partial charge is 0.127 e. The maximum atomic E-state index is 5.71. The minimum Gasteiger partial charge on any atom is -0.497 e. The van der Waals surface area contributed by atoms with Crippen molar-refractivity contribution in [2.24, 2.45) is 11.3 Å². The zero-order valence-electron chi connectivity index (χ0n) is 27.6. The SMILES string of the molecule is C=C(CN(C)C1=CC(C)CC(C)(C)C1)OCC.CC.CC.CC.CNc1ccc(Oc2ccc(C)cc2)cc1. The zero-order chi connectivity index (χ0) is 30.4. The zero-order valence-corrected chi connectivity index (χ0v) is 27.6. The molecule has 4 nitrogen and oxygen atoms in total. The standard InChI is InChI=1S/C15H27NO.C14H15NO.3C2H6/c1-7-17-13(3)11-16(6)14-8-12(2)9-15(4,5)10-14;1-11-3-7-13(8-4-11)16-14-9-5-12(15-2)6-10-14;3*1-2/h8,12H,3,7,9-11H2,1-2,4-6H3;3-10,15H,1-2H3;3*1-2H3. The van der Waals surface area contributed by atoms with Gasteiger partial charge in [-0.2, -0.15) is 0 Å². The number of aryl methyl sites for hydroxylation is 1. The van der Waals surface area contributed by atoms with E-state index < -0.39 is 0 Å². The molecule has 0 saturated heterocycles. The summed E-state index contributed by atoms with van der Waals surface area (Å²) in [4.78, 5) is 2.27. The number of hydrogen-bond acceptors (Lipinski definition) is 4. The van der Waals surface area contributed by atoms with E-state index in [9.17, 15) is 0 Å². The van der Waals surface area contributed by atoms with Crippen molar-refractivity contribution in [1.82, 2.24) is 4.90 Å². The van der Waals surface area contributed by atoms with Gasteiger partial charge in [-0.05, 0) is 74.4 Å². The van der Waals surface area contributed by atoms with Crippen LogP contribution in [0.5, 0.6) is 11.5 Å². The lowest BCUT2D eigenvalue weighted by Gasteiger charge is -2.37. The molecule has 1 unspecified atom stereocenters. The number of likely N-dealkylation sites (N-methyl/N-ethyl adjacent to an activating group) is 1. The van der Waals surface area contributed by atoms with Crippen LogP contribution in [0.3, 0.4) is 0 Å². The molecule has 0 radical (unpaired) electrons. The highest BCUT2D eigenvalue weighted by atomic mass is 16.5. The lowest BCUT2D eigenvalue weighted by Crippen LogP contribution is -2.29. The van der Waals surface area contributed by atoms with Gasteiger partial charge in [-0.3, -0.25) is 0 Å². The molecule has 0 heterocycles. The summed E-state index contributed by atoms with van der Waals surface area (Å²) in [7, 11) is 4.03. The van der Waals surface area contributed by atoms with E-state index in [1.165, 1.54) is 17.7 Å². The molecule has 0 aromatic heterocycles. The lowest BCUT2D eigenvalue weighted by molar-refractivity contribution is 0.190. The molecule has 1 aliphatic rings. The molecule has 0 spiro atoms. The molecule has 1 atom stereocenters. The number of rotatable bonds is 8. The number of nitrogens with one attached hydrogen (secondary N) is 1. The number of ether oxygens (including phenoxy) is 2. The Kier molecular flexibility index (Phi) is 21.6. The van der Waals surface area contributed by atoms with Gasteiger partial charge < -0.3 is 19.7 Å². The predicted molar refractivity (Wildman–Crippen MR) is 175 cm³/mol.